The summed E-state index contributed by atoms with van der Waals surface area (Å²) in [5.74, 6) is 0.00624. The molecule has 0 saturated carbocycles. The van der Waals surface area contributed by atoms with E-state index in [-0.39, 0.29) is 18.1 Å². The van der Waals surface area contributed by atoms with Gasteiger partial charge in [0.15, 0.2) is 5.78 Å². The van der Waals surface area contributed by atoms with Crippen LogP contribution in [0.1, 0.15) is 67.8 Å². The number of hydrogen-bond donors (Lipinski definition) is 2. The van der Waals surface area contributed by atoms with E-state index in [0.29, 0.717) is 17.5 Å². The third-order valence-corrected chi connectivity index (χ3v) is 3.37. The molecule has 1 rings (SSSR count). The SMILES string of the molecule is CCCCCCCCC(=O)c1cccc(O)c1CO. The molecule has 0 aliphatic heterocycles. The molecule has 2 N–H and O–H groups in total. The first kappa shape index (κ1) is 15.7. The van der Waals surface area contributed by atoms with Crippen molar-refractivity contribution >= 4 is 5.78 Å². The van der Waals surface area contributed by atoms with Crippen LogP contribution >= 0.6 is 0 Å². The van der Waals surface area contributed by atoms with E-state index in [4.69, 9.17) is 0 Å². The van der Waals surface area contributed by atoms with Crippen molar-refractivity contribution in [3.8, 4) is 5.75 Å². The van der Waals surface area contributed by atoms with Crippen molar-refractivity contribution in [2.75, 3.05) is 0 Å². The van der Waals surface area contributed by atoms with Crippen LogP contribution in [-0.4, -0.2) is 16.0 Å². The van der Waals surface area contributed by atoms with E-state index in [0.717, 1.165) is 12.8 Å². The van der Waals surface area contributed by atoms with Crippen LogP contribution in [0.25, 0.3) is 0 Å². The van der Waals surface area contributed by atoms with Gasteiger partial charge in [0, 0.05) is 17.5 Å². The number of unbranched alkanes of at least 4 members (excludes halogenated alkanes) is 5. The van der Waals surface area contributed by atoms with E-state index >= 15 is 0 Å². The molecule has 0 aliphatic rings. The molecule has 1 aromatic rings. The third kappa shape index (κ3) is 5.03. The molecule has 0 bridgehead atoms. The van der Waals surface area contributed by atoms with Crippen molar-refractivity contribution in [3.63, 3.8) is 0 Å². The number of ketones is 1. The summed E-state index contributed by atoms with van der Waals surface area (Å²) in [5.41, 5.74) is 0.801. The highest BCUT2D eigenvalue weighted by Crippen LogP contribution is 2.23. The van der Waals surface area contributed by atoms with Crippen molar-refractivity contribution in [3.05, 3.63) is 29.3 Å². The van der Waals surface area contributed by atoms with Gasteiger partial charge >= 0.3 is 0 Å². The molecule has 19 heavy (non-hydrogen) atoms. The summed E-state index contributed by atoms with van der Waals surface area (Å²) >= 11 is 0. The van der Waals surface area contributed by atoms with Gasteiger partial charge in [-0.2, -0.15) is 0 Å². The minimum Gasteiger partial charge on any atom is -0.508 e. The van der Waals surface area contributed by atoms with Crippen LogP contribution < -0.4 is 0 Å². The van der Waals surface area contributed by atoms with E-state index in [2.05, 4.69) is 6.92 Å². The van der Waals surface area contributed by atoms with Gasteiger partial charge in [0.05, 0.1) is 6.61 Å². The summed E-state index contributed by atoms with van der Waals surface area (Å²) in [7, 11) is 0. The molecule has 0 spiro atoms. The van der Waals surface area contributed by atoms with Crippen LogP contribution in [0.3, 0.4) is 0 Å². The Hall–Kier alpha value is -1.35. The summed E-state index contributed by atoms with van der Waals surface area (Å²) in [4.78, 5) is 12.0. The second-order valence-corrected chi connectivity index (χ2v) is 4.90. The lowest BCUT2D eigenvalue weighted by atomic mass is 9.98. The topological polar surface area (TPSA) is 57.5 Å². The average Bonchev–Trinajstić information content (AvgIpc) is 2.42. The summed E-state index contributed by atoms with van der Waals surface area (Å²) < 4.78 is 0. The molecule has 0 heterocycles. The van der Waals surface area contributed by atoms with Crippen molar-refractivity contribution in [1.29, 1.82) is 0 Å². The number of rotatable bonds is 9. The Labute approximate surface area is 115 Å². The number of hydrogen-bond acceptors (Lipinski definition) is 3. The maximum absolute atomic E-state index is 12.0. The van der Waals surface area contributed by atoms with Crippen LogP contribution in [0.4, 0.5) is 0 Å². The Morgan fingerprint density at radius 2 is 1.79 bits per heavy atom. The van der Waals surface area contributed by atoms with Crippen molar-refractivity contribution in [2.24, 2.45) is 0 Å². The quantitative estimate of drug-likeness (QED) is 0.526. The predicted octanol–water partition coefficient (Wildman–Crippen LogP) is 3.82. The number of aromatic hydroxyl groups is 1. The van der Waals surface area contributed by atoms with Gasteiger partial charge < -0.3 is 10.2 Å². The lowest BCUT2D eigenvalue weighted by molar-refractivity contribution is 0.0975. The molecule has 0 aromatic heterocycles. The molecular weight excluding hydrogens is 240 g/mol. The fraction of sp³-hybridized carbons (Fsp3) is 0.562. The largest absolute Gasteiger partial charge is 0.508 e. The molecule has 106 valence electrons. The molecule has 0 radical (unpaired) electrons. The molecule has 0 saturated heterocycles. The zero-order valence-electron chi connectivity index (χ0n) is 11.7. The summed E-state index contributed by atoms with van der Waals surface area (Å²) in [6, 6.07) is 4.81. The number of phenols is 1. The van der Waals surface area contributed by atoms with Crippen molar-refractivity contribution in [2.45, 2.75) is 58.5 Å². The van der Waals surface area contributed by atoms with Gasteiger partial charge in [-0.1, -0.05) is 51.2 Å². The zero-order chi connectivity index (χ0) is 14.1. The Bertz CT molecular complexity index is 399. The number of carbonyl (C=O) groups excluding carboxylic acids is 1. The van der Waals surface area contributed by atoms with E-state index in [9.17, 15) is 15.0 Å². The molecule has 0 atom stereocenters. The number of aliphatic hydroxyl groups excluding tert-OH is 1. The molecule has 0 unspecified atom stereocenters. The second-order valence-electron chi connectivity index (χ2n) is 4.90. The third-order valence-electron chi connectivity index (χ3n) is 3.37. The van der Waals surface area contributed by atoms with Crippen molar-refractivity contribution < 1.29 is 15.0 Å². The number of Topliss-reactive ketones (excluding diaryl/α,β-unsaturated/α-hetero) is 1. The molecule has 0 fully saturated rings. The molecular formula is C16H24O3. The molecule has 3 heteroatoms. The first-order valence-electron chi connectivity index (χ1n) is 7.15. The highest BCUT2D eigenvalue weighted by atomic mass is 16.3. The van der Waals surface area contributed by atoms with E-state index in [1.807, 2.05) is 0 Å². The Balaban J connectivity index is 2.43. The van der Waals surface area contributed by atoms with Crippen LogP contribution in [0.5, 0.6) is 5.75 Å². The standard InChI is InChI=1S/C16H24O3/c1-2-3-4-5-6-7-10-15(18)13-9-8-11-16(19)14(13)12-17/h8-9,11,17,19H,2-7,10,12H2,1H3. The molecule has 0 aliphatic carbocycles. The Morgan fingerprint density at radius 1 is 1.11 bits per heavy atom. The summed E-state index contributed by atoms with van der Waals surface area (Å²) in [6.07, 6.45) is 7.33. The minimum atomic E-state index is -0.301. The highest BCUT2D eigenvalue weighted by molar-refractivity contribution is 5.98. The monoisotopic (exact) mass is 264 g/mol. The van der Waals surface area contributed by atoms with Gasteiger partial charge in [-0.15, -0.1) is 0 Å². The number of benzene rings is 1. The van der Waals surface area contributed by atoms with E-state index in [1.165, 1.54) is 31.7 Å². The predicted molar refractivity (Wildman–Crippen MR) is 76.4 cm³/mol. The molecule has 1 aromatic carbocycles. The molecule has 3 nitrogen and oxygen atoms in total. The number of carbonyl (C=O) groups is 1. The lowest BCUT2D eigenvalue weighted by Crippen LogP contribution is -2.04. The average molecular weight is 264 g/mol. The fourth-order valence-corrected chi connectivity index (χ4v) is 2.20. The molecule has 0 amide bonds. The Kier molecular flexibility index (Phi) is 7.19. The maximum atomic E-state index is 12.0. The number of aliphatic hydroxyl groups is 1. The van der Waals surface area contributed by atoms with Gasteiger partial charge in [-0.05, 0) is 12.5 Å². The van der Waals surface area contributed by atoms with E-state index in [1.54, 1.807) is 12.1 Å². The van der Waals surface area contributed by atoms with Gasteiger partial charge in [0.2, 0.25) is 0 Å². The van der Waals surface area contributed by atoms with Crippen LogP contribution in [0.2, 0.25) is 0 Å². The van der Waals surface area contributed by atoms with Crippen LogP contribution in [0, 0.1) is 0 Å². The highest BCUT2D eigenvalue weighted by Gasteiger charge is 2.13. The fourth-order valence-electron chi connectivity index (χ4n) is 2.20. The van der Waals surface area contributed by atoms with Gasteiger partial charge in [0.1, 0.15) is 5.75 Å². The van der Waals surface area contributed by atoms with Gasteiger partial charge in [-0.25, -0.2) is 0 Å². The summed E-state index contributed by atoms with van der Waals surface area (Å²) in [6.45, 7) is 1.88. The first-order chi connectivity index (χ1) is 9.20. The normalized spacial score (nSPS) is 10.6. The second kappa shape index (κ2) is 8.70. The Morgan fingerprint density at radius 3 is 2.47 bits per heavy atom. The summed E-state index contributed by atoms with van der Waals surface area (Å²) in [5, 5.41) is 18.8. The van der Waals surface area contributed by atoms with Gasteiger partial charge in [-0.3, -0.25) is 4.79 Å². The first-order valence-corrected chi connectivity index (χ1v) is 7.15. The smallest absolute Gasteiger partial charge is 0.163 e. The van der Waals surface area contributed by atoms with E-state index < -0.39 is 0 Å². The minimum absolute atomic E-state index is 0.00343. The maximum Gasteiger partial charge on any atom is 0.163 e. The van der Waals surface area contributed by atoms with Gasteiger partial charge in [0.25, 0.3) is 0 Å². The van der Waals surface area contributed by atoms with Crippen LogP contribution in [0.15, 0.2) is 18.2 Å². The lowest BCUT2D eigenvalue weighted by Gasteiger charge is -2.08. The van der Waals surface area contributed by atoms with Crippen molar-refractivity contribution in [1.82, 2.24) is 0 Å². The van der Waals surface area contributed by atoms with Crippen LogP contribution in [-0.2, 0) is 6.61 Å². The zero-order valence-corrected chi connectivity index (χ0v) is 11.7.